The van der Waals surface area contributed by atoms with Crippen LogP contribution in [0.2, 0.25) is 0 Å². The van der Waals surface area contributed by atoms with Crippen LogP contribution in [0.4, 0.5) is 17.8 Å². The fourth-order valence-electron chi connectivity index (χ4n) is 11.5. The fourth-order valence-corrected chi connectivity index (χ4v) is 11.5. The third-order valence-electron chi connectivity index (χ3n) is 15.7. The van der Waals surface area contributed by atoms with Crippen LogP contribution in [-0.4, -0.2) is 170 Å². The molecule has 3 fully saturated rings. The molecule has 3 saturated heterocycles. The van der Waals surface area contributed by atoms with E-state index in [1.807, 2.05) is 23.3 Å². The highest BCUT2D eigenvalue weighted by molar-refractivity contribution is 5.94. The SMILES string of the molecule is CC(C)Cn1cnc2c(-c3cccc4c3C=CC4)nc(N3CCOCC3)nc21.COCC(C)n1cnc2c(-c3cccc(O)c3)nc(N3CCOCC3)nc21.COCC(C)n1cnc2c(-c3cccc4c3C=CC4)nc(N3CCOCC3)nc21. The molecule has 436 valence electrons. The number of anilines is 3. The molecule has 0 radical (unpaired) electrons. The van der Waals surface area contributed by atoms with Gasteiger partial charge in [-0.1, -0.05) is 86.7 Å². The highest BCUT2D eigenvalue weighted by Gasteiger charge is 2.27. The molecule has 2 unspecified atom stereocenters. The number of ether oxygens (including phenoxy) is 5. The molecule has 0 spiro atoms. The van der Waals surface area contributed by atoms with Crippen LogP contribution < -0.4 is 14.7 Å². The number of aromatic hydroxyl groups is 1. The van der Waals surface area contributed by atoms with Gasteiger partial charge in [0.15, 0.2) is 16.9 Å². The molecule has 9 heterocycles. The second-order valence-corrected chi connectivity index (χ2v) is 22.2. The van der Waals surface area contributed by atoms with Gasteiger partial charge in [0.2, 0.25) is 17.8 Å². The summed E-state index contributed by atoms with van der Waals surface area (Å²) >= 11 is 0. The van der Waals surface area contributed by atoms with E-state index in [-0.39, 0.29) is 17.8 Å². The number of imidazole rings is 3. The van der Waals surface area contributed by atoms with Crippen molar-refractivity contribution in [3.8, 4) is 39.5 Å². The molecule has 3 aromatic carbocycles. The van der Waals surface area contributed by atoms with Crippen molar-refractivity contribution in [2.75, 3.05) is 121 Å². The highest BCUT2D eigenvalue weighted by atomic mass is 16.5. The minimum Gasteiger partial charge on any atom is -0.508 e. The molecule has 14 rings (SSSR count). The number of methoxy groups -OCH3 is 2. The second kappa shape index (κ2) is 25.3. The fraction of sp³-hybridized carbons (Fsp3) is 0.413. The summed E-state index contributed by atoms with van der Waals surface area (Å²) in [6.45, 7) is 19.5. The molecule has 2 aliphatic carbocycles. The smallest absolute Gasteiger partial charge is 0.228 e. The molecular formula is C63H73N15O6. The normalized spacial score (nSPS) is 16.5. The lowest BCUT2D eigenvalue weighted by atomic mass is 10.0. The maximum atomic E-state index is 9.92. The summed E-state index contributed by atoms with van der Waals surface area (Å²) in [6.07, 6.45) is 16.3. The van der Waals surface area contributed by atoms with Crippen molar-refractivity contribution < 1.29 is 28.8 Å². The first kappa shape index (κ1) is 56.3. The van der Waals surface area contributed by atoms with E-state index in [9.17, 15) is 5.11 Å². The minimum atomic E-state index is 0.0875. The van der Waals surface area contributed by atoms with Crippen molar-refractivity contribution in [2.24, 2.45) is 5.92 Å². The number of rotatable bonds is 14. The molecule has 6 aromatic heterocycles. The number of phenols is 1. The molecule has 0 amide bonds. The Kier molecular flexibility index (Phi) is 17.0. The molecule has 21 heteroatoms. The van der Waals surface area contributed by atoms with Gasteiger partial charge in [-0.25, -0.2) is 29.9 Å². The Morgan fingerprint density at radius 3 is 1.40 bits per heavy atom. The first-order chi connectivity index (χ1) is 41.1. The lowest BCUT2D eigenvalue weighted by molar-refractivity contribution is 0.122. The van der Waals surface area contributed by atoms with Crippen LogP contribution in [0.25, 0.3) is 79.4 Å². The average Bonchev–Trinajstić information content (AvgIpc) is 3.47. The van der Waals surface area contributed by atoms with Crippen LogP contribution in [0.1, 0.15) is 62.0 Å². The van der Waals surface area contributed by atoms with Crippen molar-refractivity contribution in [3.05, 3.63) is 114 Å². The van der Waals surface area contributed by atoms with Crippen molar-refractivity contribution >= 4 is 63.5 Å². The number of phenolic OH excluding ortho intramolecular Hbond substituents is 1. The van der Waals surface area contributed by atoms with E-state index in [1.165, 1.54) is 22.3 Å². The van der Waals surface area contributed by atoms with Gasteiger partial charge < -0.3 is 57.2 Å². The van der Waals surface area contributed by atoms with Crippen LogP contribution in [-0.2, 0) is 43.1 Å². The third-order valence-corrected chi connectivity index (χ3v) is 15.7. The Bertz CT molecular complexity index is 3840. The Labute approximate surface area is 488 Å². The number of allylic oxidation sites excluding steroid dienone is 2. The summed E-state index contributed by atoms with van der Waals surface area (Å²) in [4.78, 5) is 50.1. The summed E-state index contributed by atoms with van der Waals surface area (Å²) in [7, 11) is 3.40. The third kappa shape index (κ3) is 11.7. The summed E-state index contributed by atoms with van der Waals surface area (Å²) in [6, 6.07) is 20.2. The first-order valence-corrected chi connectivity index (χ1v) is 29.2. The van der Waals surface area contributed by atoms with E-state index >= 15 is 0 Å². The average molecular weight is 1140 g/mol. The summed E-state index contributed by atoms with van der Waals surface area (Å²) in [5.41, 5.74) is 15.7. The molecule has 0 bridgehead atoms. The lowest BCUT2D eigenvalue weighted by Crippen LogP contribution is -2.37. The van der Waals surface area contributed by atoms with Gasteiger partial charge in [0.05, 0.1) is 83.9 Å². The molecule has 2 atom stereocenters. The largest absolute Gasteiger partial charge is 0.508 e. The van der Waals surface area contributed by atoms with E-state index < -0.39 is 0 Å². The van der Waals surface area contributed by atoms with Crippen LogP contribution in [0.5, 0.6) is 5.75 Å². The highest BCUT2D eigenvalue weighted by Crippen LogP contribution is 2.38. The van der Waals surface area contributed by atoms with E-state index in [4.69, 9.17) is 63.6 Å². The van der Waals surface area contributed by atoms with E-state index in [0.29, 0.717) is 75.9 Å². The monoisotopic (exact) mass is 1140 g/mol. The Balaban J connectivity index is 0.000000124. The molecule has 21 nitrogen and oxygen atoms in total. The number of aromatic nitrogens is 12. The van der Waals surface area contributed by atoms with Gasteiger partial charge in [0.1, 0.15) is 39.4 Å². The Morgan fingerprint density at radius 2 is 0.940 bits per heavy atom. The van der Waals surface area contributed by atoms with Crippen molar-refractivity contribution in [3.63, 3.8) is 0 Å². The Morgan fingerprint density at radius 1 is 0.512 bits per heavy atom. The van der Waals surface area contributed by atoms with Gasteiger partial charge in [-0.3, -0.25) is 0 Å². The predicted octanol–water partition coefficient (Wildman–Crippen LogP) is 8.90. The standard InChI is InChI=1S/C22H25N5O2.C22H25N5O.C19H23N5O3/c1-15(13-28-2)27-14-23-20-19(18-8-4-6-16-5-3-7-17(16)18)24-22(25-21(20)27)26-9-11-29-12-10-26;1-15(2)13-27-14-23-20-19(18-8-4-6-16-5-3-7-17(16)18)24-22(25-21(20)27)26-9-11-28-12-10-26;1-13(11-26-2)24-12-20-17-16(14-4-3-5-15(25)10-14)21-19(22-18(17)24)23-6-8-27-9-7-23/h3-4,6-8,14-15H,5,9-13H2,1-2H3;3-4,6-8,14-15H,5,9-13H2,1-2H3;3-5,10,12-13,25H,6-9,11H2,1-2H3. The molecule has 84 heavy (non-hydrogen) atoms. The van der Waals surface area contributed by atoms with Gasteiger partial charge in [-0.2, -0.15) is 15.0 Å². The quantitative estimate of drug-likeness (QED) is 0.108. The zero-order valence-electron chi connectivity index (χ0n) is 48.8. The first-order valence-electron chi connectivity index (χ1n) is 29.2. The second-order valence-electron chi connectivity index (χ2n) is 22.2. The van der Waals surface area contributed by atoms with Crippen molar-refractivity contribution in [2.45, 2.75) is 59.2 Å². The lowest BCUT2D eigenvalue weighted by Gasteiger charge is -2.27. The number of hydrogen-bond donors (Lipinski definition) is 1. The van der Waals surface area contributed by atoms with Gasteiger partial charge in [0.25, 0.3) is 0 Å². The van der Waals surface area contributed by atoms with Crippen LogP contribution in [0.3, 0.4) is 0 Å². The Hall–Kier alpha value is -8.21. The van der Waals surface area contributed by atoms with Crippen LogP contribution in [0.15, 0.2) is 91.8 Å². The van der Waals surface area contributed by atoms with E-state index in [1.54, 1.807) is 38.7 Å². The summed E-state index contributed by atoms with van der Waals surface area (Å²) in [5, 5.41) is 9.92. The maximum absolute atomic E-state index is 9.92. The number of benzene rings is 3. The molecule has 0 saturated carbocycles. The summed E-state index contributed by atoms with van der Waals surface area (Å²) < 4.78 is 33.4. The number of morpholine rings is 3. The maximum Gasteiger partial charge on any atom is 0.228 e. The molecule has 5 aliphatic rings. The topological polar surface area (TPSA) is 207 Å². The molecule has 3 aliphatic heterocycles. The van der Waals surface area contributed by atoms with Gasteiger partial charge in [0, 0.05) is 76.7 Å². The van der Waals surface area contributed by atoms with Gasteiger partial charge in [-0.05, 0) is 67.0 Å². The van der Waals surface area contributed by atoms with Gasteiger partial charge in [-0.15, -0.1) is 0 Å². The van der Waals surface area contributed by atoms with E-state index in [2.05, 4.69) is 117 Å². The number of nitrogens with zero attached hydrogens (tertiary/aromatic N) is 15. The molecule has 9 aromatic rings. The summed E-state index contributed by atoms with van der Waals surface area (Å²) in [5.74, 6) is 2.87. The van der Waals surface area contributed by atoms with Crippen molar-refractivity contribution in [1.29, 1.82) is 0 Å². The number of hydrogen-bond acceptors (Lipinski definition) is 18. The predicted molar refractivity (Wildman–Crippen MR) is 327 cm³/mol. The molecule has 1 N–H and O–H groups in total. The van der Waals surface area contributed by atoms with Crippen molar-refractivity contribution in [1.82, 2.24) is 58.6 Å². The van der Waals surface area contributed by atoms with Crippen LogP contribution >= 0.6 is 0 Å². The van der Waals surface area contributed by atoms with Crippen LogP contribution in [0, 0.1) is 5.92 Å². The zero-order chi connectivity index (χ0) is 57.7. The minimum absolute atomic E-state index is 0.0875. The molecular weight excluding hydrogens is 1060 g/mol. The van der Waals surface area contributed by atoms with Gasteiger partial charge >= 0.3 is 0 Å². The zero-order valence-corrected chi connectivity index (χ0v) is 48.8. The van der Waals surface area contributed by atoms with E-state index in [0.717, 1.165) is 127 Å². The number of fused-ring (bicyclic) bond motifs is 5.